The summed E-state index contributed by atoms with van der Waals surface area (Å²) in [5, 5.41) is 9.37. The summed E-state index contributed by atoms with van der Waals surface area (Å²) in [4.78, 5) is 2.44. The molecule has 3 nitrogen and oxygen atoms in total. The van der Waals surface area contributed by atoms with E-state index in [1.54, 1.807) is 0 Å². The fourth-order valence-corrected chi connectivity index (χ4v) is 2.85. The number of aliphatic hydroxyl groups is 1. The summed E-state index contributed by atoms with van der Waals surface area (Å²) in [6.07, 6.45) is 3.56. The molecule has 1 saturated heterocycles. The van der Waals surface area contributed by atoms with Gasteiger partial charge in [0, 0.05) is 19.2 Å². The third-order valence-corrected chi connectivity index (χ3v) is 5.36. The van der Waals surface area contributed by atoms with Crippen LogP contribution in [-0.4, -0.2) is 49.5 Å². The van der Waals surface area contributed by atoms with Crippen molar-refractivity contribution in [3.63, 3.8) is 0 Å². The van der Waals surface area contributed by atoms with E-state index in [9.17, 15) is 5.11 Å². The van der Waals surface area contributed by atoms with Gasteiger partial charge in [-0.25, -0.2) is 0 Å². The molecule has 0 saturated carbocycles. The Morgan fingerprint density at radius 2 is 1.90 bits per heavy atom. The lowest BCUT2D eigenvalue weighted by molar-refractivity contribution is -0.0129. The Bertz CT molecular complexity index is 289. The van der Waals surface area contributed by atoms with Crippen LogP contribution in [0.2, 0.25) is 0 Å². The second-order valence-electron chi connectivity index (χ2n) is 8.15. The van der Waals surface area contributed by atoms with Crippen LogP contribution < -0.4 is 0 Å². The predicted octanol–water partition coefficient (Wildman–Crippen LogP) is 3.17. The minimum atomic E-state index is 0.209. The van der Waals surface area contributed by atoms with Gasteiger partial charge < -0.3 is 9.84 Å². The first-order valence-corrected chi connectivity index (χ1v) is 8.07. The van der Waals surface area contributed by atoms with Crippen molar-refractivity contribution in [1.29, 1.82) is 0 Å². The van der Waals surface area contributed by atoms with E-state index in [1.165, 1.54) is 19.3 Å². The zero-order chi connectivity index (χ0) is 15.4. The molecule has 1 fully saturated rings. The fourth-order valence-electron chi connectivity index (χ4n) is 2.85. The minimum absolute atomic E-state index is 0.209. The molecule has 0 radical (unpaired) electrons. The molecule has 0 spiro atoms. The molecule has 0 aromatic rings. The number of ether oxygens (including phenoxy) is 1. The van der Waals surface area contributed by atoms with Gasteiger partial charge in [-0.15, -0.1) is 0 Å². The molecule has 1 heterocycles. The van der Waals surface area contributed by atoms with E-state index in [1.807, 2.05) is 0 Å². The van der Waals surface area contributed by atoms with Gasteiger partial charge in [0.2, 0.25) is 0 Å². The third kappa shape index (κ3) is 5.34. The number of morpholine rings is 1. The summed E-state index contributed by atoms with van der Waals surface area (Å²) in [5.41, 5.74) is 0.535. The third-order valence-electron chi connectivity index (χ3n) is 5.36. The van der Waals surface area contributed by atoms with Crippen LogP contribution in [0.25, 0.3) is 0 Å². The Morgan fingerprint density at radius 3 is 2.45 bits per heavy atom. The van der Waals surface area contributed by atoms with Crippen LogP contribution >= 0.6 is 0 Å². The van der Waals surface area contributed by atoms with Crippen LogP contribution in [0.1, 0.15) is 53.9 Å². The average Bonchev–Trinajstić information content (AvgIpc) is 2.38. The molecular weight excluding hydrogens is 250 g/mol. The lowest BCUT2D eigenvalue weighted by Gasteiger charge is -2.40. The SMILES string of the molecule is CC(CO)C(C)(C)CCC(C)(C)CC1COCCN1C. The van der Waals surface area contributed by atoms with Gasteiger partial charge in [-0.1, -0.05) is 34.6 Å². The Morgan fingerprint density at radius 1 is 1.25 bits per heavy atom. The van der Waals surface area contributed by atoms with Crippen molar-refractivity contribution in [3.05, 3.63) is 0 Å². The molecule has 0 aromatic heterocycles. The van der Waals surface area contributed by atoms with E-state index in [0.717, 1.165) is 19.8 Å². The second-order valence-corrected chi connectivity index (χ2v) is 8.15. The molecule has 0 bridgehead atoms. The molecule has 120 valence electrons. The first-order valence-electron chi connectivity index (χ1n) is 8.07. The van der Waals surface area contributed by atoms with Crippen LogP contribution in [0, 0.1) is 16.7 Å². The van der Waals surface area contributed by atoms with Crippen LogP contribution in [-0.2, 0) is 4.74 Å². The number of rotatable bonds is 7. The zero-order valence-electron chi connectivity index (χ0n) is 14.4. The van der Waals surface area contributed by atoms with Crippen molar-refractivity contribution < 1.29 is 9.84 Å². The van der Waals surface area contributed by atoms with Crippen molar-refractivity contribution in [2.24, 2.45) is 16.7 Å². The Balaban J connectivity index is 2.48. The number of likely N-dealkylation sites (N-methyl/N-ethyl adjacent to an activating group) is 1. The van der Waals surface area contributed by atoms with Gasteiger partial charge in [0.15, 0.2) is 0 Å². The molecule has 3 heteroatoms. The van der Waals surface area contributed by atoms with E-state index in [0.29, 0.717) is 17.4 Å². The summed E-state index contributed by atoms with van der Waals surface area (Å²) in [5.74, 6) is 0.360. The molecule has 0 aromatic carbocycles. The van der Waals surface area contributed by atoms with Crippen LogP contribution in [0.5, 0.6) is 0 Å². The van der Waals surface area contributed by atoms with E-state index >= 15 is 0 Å². The molecular formula is C17H35NO2. The van der Waals surface area contributed by atoms with E-state index < -0.39 is 0 Å². The smallest absolute Gasteiger partial charge is 0.0622 e. The summed E-state index contributed by atoms with van der Waals surface area (Å²) >= 11 is 0. The average molecular weight is 285 g/mol. The number of aliphatic hydroxyl groups excluding tert-OH is 1. The highest BCUT2D eigenvalue weighted by atomic mass is 16.5. The van der Waals surface area contributed by atoms with Crippen LogP contribution in [0.4, 0.5) is 0 Å². The highest BCUT2D eigenvalue weighted by Crippen LogP contribution is 2.38. The van der Waals surface area contributed by atoms with E-state index in [4.69, 9.17) is 4.74 Å². The van der Waals surface area contributed by atoms with Crippen molar-refractivity contribution >= 4 is 0 Å². The maximum absolute atomic E-state index is 9.37. The summed E-state index contributed by atoms with van der Waals surface area (Å²) in [6.45, 7) is 14.5. The van der Waals surface area contributed by atoms with Crippen molar-refractivity contribution in [2.75, 3.05) is 33.4 Å². The molecule has 20 heavy (non-hydrogen) atoms. The molecule has 2 unspecified atom stereocenters. The number of hydrogen-bond acceptors (Lipinski definition) is 3. The van der Waals surface area contributed by atoms with Gasteiger partial charge in [0.05, 0.1) is 13.2 Å². The van der Waals surface area contributed by atoms with E-state index in [2.05, 4.69) is 46.6 Å². The molecule has 1 aliphatic heterocycles. The highest BCUT2D eigenvalue weighted by Gasteiger charge is 2.31. The fraction of sp³-hybridized carbons (Fsp3) is 1.00. The minimum Gasteiger partial charge on any atom is -0.396 e. The quantitative estimate of drug-likeness (QED) is 0.780. The monoisotopic (exact) mass is 285 g/mol. The van der Waals surface area contributed by atoms with Gasteiger partial charge in [-0.2, -0.15) is 0 Å². The van der Waals surface area contributed by atoms with Gasteiger partial charge in [0.25, 0.3) is 0 Å². The maximum Gasteiger partial charge on any atom is 0.0622 e. The van der Waals surface area contributed by atoms with Crippen molar-refractivity contribution in [3.8, 4) is 0 Å². The predicted molar refractivity (Wildman–Crippen MR) is 84.9 cm³/mol. The van der Waals surface area contributed by atoms with Gasteiger partial charge in [0.1, 0.15) is 0 Å². The van der Waals surface area contributed by atoms with Gasteiger partial charge >= 0.3 is 0 Å². The molecule has 0 aliphatic carbocycles. The zero-order valence-corrected chi connectivity index (χ0v) is 14.4. The molecule has 1 N–H and O–H groups in total. The number of nitrogens with zero attached hydrogens (tertiary/aromatic N) is 1. The maximum atomic E-state index is 9.37. The lowest BCUT2D eigenvalue weighted by Crippen LogP contribution is -2.45. The number of hydrogen-bond donors (Lipinski definition) is 1. The molecule has 0 amide bonds. The normalized spacial score (nSPS) is 23.9. The lowest BCUT2D eigenvalue weighted by atomic mass is 9.71. The van der Waals surface area contributed by atoms with Gasteiger partial charge in [-0.3, -0.25) is 4.90 Å². The first kappa shape index (κ1) is 17.9. The van der Waals surface area contributed by atoms with E-state index in [-0.39, 0.29) is 12.0 Å². The second kappa shape index (κ2) is 7.24. The standard InChI is InChI=1S/C17H35NO2/c1-14(12-19)17(4,5)8-7-16(2,3)11-15-13-20-10-9-18(15)6/h14-15,19H,7-13H2,1-6H3. The first-order chi connectivity index (χ1) is 9.18. The summed E-state index contributed by atoms with van der Waals surface area (Å²) in [7, 11) is 2.21. The molecule has 2 atom stereocenters. The van der Waals surface area contributed by atoms with Crippen LogP contribution in [0.3, 0.4) is 0 Å². The summed E-state index contributed by atoms with van der Waals surface area (Å²) in [6, 6.07) is 0.553. The topological polar surface area (TPSA) is 32.7 Å². The highest BCUT2D eigenvalue weighted by molar-refractivity contribution is 4.84. The Kier molecular flexibility index (Phi) is 6.49. The molecule has 1 aliphatic rings. The summed E-state index contributed by atoms with van der Waals surface area (Å²) < 4.78 is 5.62. The van der Waals surface area contributed by atoms with Crippen molar-refractivity contribution in [2.45, 2.75) is 59.9 Å². The Labute approximate surface area is 125 Å². The van der Waals surface area contributed by atoms with Crippen molar-refractivity contribution in [1.82, 2.24) is 4.90 Å². The Hall–Kier alpha value is -0.120. The largest absolute Gasteiger partial charge is 0.396 e. The van der Waals surface area contributed by atoms with Crippen LogP contribution in [0.15, 0.2) is 0 Å². The van der Waals surface area contributed by atoms with Gasteiger partial charge in [-0.05, 0) is 43.1 Å². The molecule has 1 rings (SSSR count).